The number of ether oxygens (including phenoxy) is 2. The van der Waals surface area contributed by atoms with E-state index >= 15 is 0 Å². The van der Waals surface area contributed by atoms with Crippen LogP contribution >= 0.6 is 0 Å². The van der Waals surface area contributed by atoms with Crippen LogP contribution in [0.25, 0.3) is 0 Å². The molecule has 0 saturated carbocycles. The molecule has 0 aliphatic carbocycles. The van der Waals surface area contributed by atoms with Crippen LogP contribution in [-0.4, -0.2) is 31.6 Å². The van der Waals surface area contributed by atoms with Gasteiger partial charge in [0.1, 0.15) is 24.7 Å². The summed E-state index contributed by atoms with van der Waals surface area (Å²) >= 11 is 0. The van der Waals surface area contributed by atoms with Gasteiger partial charge in [-0.05, 0) is 48.9 Å². The third-order valence-electron chi connectivity index (χ3n) is 4.80. The van der Waals surface area contributed by atoms with E-state index in [0.717, 1.165) is 11.3 Å². The predicted octanol–water partition coefficient (Wildman–Crippen LogP) is 4.85. The molecule has 3 N–H and O–H groups in total. The highest BCUT2D eigenvalue weighted by Gasteiger charge is 2.09. The minimum absolute atomic E-state index is 0.0609. The topological polar surface area (TPSA) is 88.7 Å². The predicted molar refractivity (Wildman–Crippen MR) is 131 cm³/mol. The molecule has 0 aliphatic rings. The Labute approximate surface area is 194 Å². The SMILES string of the molecule is CCC(=O)Nc1cc(NC(=O)CNc2ccccc2OCCOc2ccccc2)ccc1C. The molecule has 0 aromatic heterocycles. The van der Waals surface area contributed by atoms with Crippen LogP contribution in [0, 0.1) is 6.92 Å². The van der Waals surface area contributed by atoms with Gasteiger partial charge in [-0.15, -0.1) is 0 Å². The first-order valence-corrected chi connectivity index (χ1v) is 10.9. The fourth-order valence-corrected chi connectivity index (χ4v) is 3.02. The second kappa shape index (κ2) is 12.1. The molecule has 3 aromatic carbocycles. The van der Waals surface area contributed by atoms with E-state index in [4.69, 9.17) is 9.47 Å². The molecule has 0 bridgehead atoms. The number of nitrogens with one attached hydrogen (secondary N) is 3. The van der Waals surface area contributed by atoms with Gasteiger partial charge in [-0.25, -0.2) is 0 Å². The largest absolute Gasteiger partial charge is 0.490 e. The maximum atomic E-state index is 12.5. The Hall–Kier alpha value is -4.00. The quantitative estimate of drug-likeness (QED) is 0.366. The van der Waals surface area contributed by atoms with Gasteiger partial charge in [0.15, 0.2) is 0 Å². The fraction of sp³-hybridized carbons (Fsp3) is 0.231. The standard InChI is InChI=1S/C26H29N3O4/c1-3-25(30)29-23-17-20(14-13-19(23)2)28-26(31)18-27-22-11-7-8-12-24(22)33-16-15-32-21-9-5-4-6-10-21/h4-14,17,27H,3,15-16,18H2,1-2H3,(H,28,31)(H,29,30). The van der Waals surface area contributed by atoms with Crippen molar-refractivity contribution in [1.82, 2.24) is 0 Å². The number of rotatable bonds is 11. The summed E-state index contributed by atoms with van der Waals surface area (Å²) in [7, 11) is 0. The smallest absolute Gasteiger partial charge is 0.243 e. The fourth-order valence-electron chi connectivity index (χ4n) is 3.02. The summed E-state index contributed by atoms with van der Waals surface area (Å²) in [4.78, 5) is 24.2. The number of anilines is 3. The van der Waals surface area contributed by atoms with E-state index in [9.17, 15) is 9.59 Å². The first-order chi connectivity index (χ1) is 16.0. The van der Waals surface area contributed by atoms with E-state index in [2.05, 4.69) is 16.0 Å². The Bertz CT molecular complexity index is 1070. The second-order valence-electron chi connectivity index (χ2n) is 7.34. The van der Waals surface area contributed by atoms with Gasteiger partial charge >= 0.3 is 0 Å². The van der Waals surface area contributed by atoms with Crippen molar-refractivity contribution in [1.29, 1.82) is 0 Å². The Morgan fingerprint density at radius 2 is 1.52 bits per heavy atom. The number of para-hydroxylation sites is 3. The first-order valence-electron chi connectivity index (χ1n) is 10.9. The Balaban J connectivity index is 1.50. The minimum atomic E-state index is -0.214. The van der Waals surface area contributed by atoms with Gasteiger partial charge in [0.25, 0.3) is 0 Å². The summed E-state index contributed by atoms with van der Waals surface area (Å²) in [5.41, 5.74) is 2.94. The van der Waals surface area contributed by atoms with Crippen molar-refractivity contribution >= 4 is 28.9 Å². The summed E-state index contributed by atoms with van der Waals surface area (Å²) in [6, 6.07) is 22.4. The van der Waals surface area contributed by atoms with Crippen LogP contribution in [0.4, 0.5) is 17.1 Å². The van der Waals surface area contributed by atoms with Gasteiger partial charge in [-0.3, -0.25) is 9.59 Å². The molecule has 33 heavy (non-hydrogen) atoms. The zero-order chi connectivity index (χ0) is 23.5. The van der Waals surface area contributed by atoms with E-state index in [1.54, 1.807) is 19.1 Å². The third-order valence-corrected chi connectivity index (χ3v) is 4.80. The molecule has 0 unspecified atom stereocenters. The molecule has 0 spiro atoms. The van der Waals surface area contributed by atoms with Crippen molar-refractivity contribution in [2.24, 2.45) is 0 Å². The van der Waals surface area contributed by atoms with Crippen LogP contribution in [0.3, 0.4) is 0 Å². The van der Waals surface area contributed by atoms with Gasteiger partial charge in [0.05, 0.1) is 12.2 Å². The lowest BCUT2D eigenvalue weighted by molar-refractivity contribution is -0.116. The van der Waals surface area contributed by atoms with E-state index in [-0.39, 0.29) is 18.4 Å². The van der Waals surface area contributed by atoms with Gasteiger partial charge in [-0.1, -0.05) is 43.3 Å². The van der Waals surface area contributed by atoms with Gasteiger partial charge < -0.3 is 25.4 Å². The third kappa shape index (κ3) is 7.57. The Morgan fingerprint density at radius 3 is 2.30 bits per heavy atom. The highest BCUT2D eigenvalue weighted by molar-refractivity contribution is 5.96. The van der Waals surface area contributed by atoms with Gasteiger partial charge in [0.2, 0.25) is 11.8 Å². The van der Waals surface area contributed by atoms with E-state index in [0.29, 0.717) is 42.4 Å². The summed E-state index contributed by atoms with van der Waals surface area (Å²) in [6.45, 7) is 4.53. The van der Waals surface area contributed by atoms with E-state index in [1.807, 2.05) is 67.6 Å². The average Bonchev–Trinajstić information content (AvgIpc) is 2.83. The minimum Gasteiger partial charge on any atom is -0.490 e. The lowest BCUT2D eigenvalue weighted by Gasteiger charge is -2.14. The Kier molecular flexibility index (Phi) is 8.71. The van der Waals surface area contributed by atoms with Crippen LogP contribution in [-0.2, 0) is 9.59 Å². The maximum absolute atomic E-state index is 12.5. The lowest BCUT2D eigenvalue weighted by Crippen LogP contribution is -2.22. The molecule has 0 aliphatic heterocycles. The molecule has 0 radical (unpaired) electrons. The molecule has 7 heteroatoms. The van der Waals surface area contributed by atoms with Crippen LogP contribution in [0.1, 0.15) is 18.9 Å². The lowest BCUT2D eigenvalue weighted by atomic mass is 10.1. The number of carbonyl (C=O) groups excluding carboxylic acids is 2. The number of carbonyl (C=O) groups is 2. The molecule has 2 amide bonds. The van der Waals surface area contributed by atoms with Crippen molar-refractivity contribution in [3.8, 4) is 11.5 Å². The number of aryl methyl sites for hydroxylation is 1. The number of amides is 2. The number of hydrogen-bond donors (Lipinski definition) is 3. The second-order valence-corrected chi connectivity index (χ2v) is 7.34. The highest BCUT2D eigenvalue weighted by atomic mass is 16.5. The van der Waals surface area contributed by atoms with Crippen LogP contribution in [0.5, 0.6) is 11.5 Å². The maximum Gasteiger partial charge on any atom is 0.243 e. The van der Waals surface area contributed by atoms with Crippen molar-refractivity contribution < 1.29 is 19.1 Å². The zero-order valence-corrected chi connectivity index (χ0v) is 18.9. The van der Waals surface area contributed by atoms with E-state index < -0.39 is 0 Å². The van der Waals surface area contributed by atoms with E-state index in [1.165, 1.54) is 0 Å². The molecule has 172 valence electrons. The molecule has 0 heterocycles. The molecule has 3 aromatic rings. The molecule has 0 fully saturated rings. The summed E-state index contributed by atoms with van der Waals surface area (Å²) in [6.07, 6.45) is 0.389. The number of benzene rings is 3. The molecule has 3 rings (SSSR count). The van der Waals surface area contributed by atoms with Crippen molar-refractivity contribution in [2.45, 2.75) is 20.3 Å². The summed E-state index contributed by atoms with van der Waals surface area (Å²) < 4.78 is 11.5. The van der Waals surface area contributed by atoms with Crippen LogP contribution < -0.4 is 25.4 Å². The van der Waals surface area contributed by atoms with Gasteiger partial charge in [-0.2, -0.15) is 0 Å². The first kappa shape index (κ1) is 23.7. The van der Waals surface area contributed by atoms with Crippen LogP contribution in [0.2, 0.25) is 0 Å². The monoisotopic (exact) mass is 447 g/mol. The zero-order valence-electron chi connectivity index (χ0n) is 18.9. The average molecular weight is 448 g/mol. The highest BCUT2D eigenvalue weighted by Crippen LogP contribution is 2.24. The summed E-state index contributed by atoms with van der Waals surface area (Å²) in [5.74, 6) is 1.14. The molecule has 7 nitrogen and oxygen atoms in total. The van der Waals surface area contributed by atoms with Gasteiger partial charge in [0, 0.05) is 17.8 Å². The summed E-state index contributed by atoms with van der Waals surface area (Å²) in [5, 5.41) is 8.80. The number of hydrogen-bond acceptors (Lipinski definition) is 5. The van der Waals surface area contributed by atoms with Crippen LogP contribution in [0.15, 0.2) is 72.8 Å². The van der Waals surface area contributed by atoms with Crippen molar-refractivity contribution in [3.63, 3.8) is 0 Å². The van der Waals surface area contributed by atoms with Crippen molar-refractivity contribution in [3.05, 3.63) is 78.4 Å². The molecular formula is C26H29N3O4. The van der Waals surface area contributed by atoms with Crippen molar-refractivity contribution in [2.75, 3.05) is 35.7 Å². The molecular weight excluding hydrogens is 418 g/mol. The molecule has 0 atom stereocenters. The Morgan fingerprint density at radius 1 is 0.788 bits per heavy atom. The molecule has 0 saturated heterocycles. The normalized spacial score (nSPS) is 10.2.